The van der Waals surface area contributed by atoms with Gasteiger partial charge in [-0.25, -0.2) is 4.99 Å². The zero-order valence-corrected chi connectivity index (χ0v) is 17.2. The normalized spacial score (nSPS) is 17.6. The minimum absolute atomic E-state index is 0.121. The van der Waals surface area contributed by atoms with Crippen molar-refractivity contribution in [1.82, 2.24) is 0 Å². The van der Waals surface area contributed by atoms with Gasteiger partial charge < -0.3 is 20.9 Å². The van der Waals surface area contributed by atoms with E-state index in [1.807, 2.05) is 0 Å². The van der Waals surface area contributed by atoms with Gasteiger partial charge in [-0.1, -0.05) is 6.42 Å². The average Bonchev–Trinajstić information content (AvgIpc) is 2.74. The standard InChI is InChI=1S/C21H24N6O4/c1-30-16-5-7-17(8-6-16)31-18-12-14(11-15(13-18)27(28)29)26-20(23)24-19(22)25-21(26)9-3-2-4-10-21/h5-8,11-13H,2-4,9-10H2,1H3,(H4,22,23,24,25). The van der Waals surface area contributed by atoms with E-state index in [1.54, 1.807) is 42.3 Å². The molecule has 1 saturated carbocycles. The monoisotopic (exact) mass is 424 g/mol. The number of non-ortho nitro benzene ring substituents is 1. The van der Waals surface area contributed by atoms with E-state index in [1.165, 1.54) is 12.1 Å². The van der Waals surface area contributed by atoms with Crippen LogP contribution in [0.15, 0.2) is 52.4 Å². The van der Waals surface area contributed by atoms with Crippen molar-refractivity contribution in [1.29, 1.82) is 0 Å². The predicted octanol–water partition coefficient (Wildman–Crippen LogP) is 3.51. The van der Waals surface area contributed by atoms with Crippen LogP contribution >= 0.6 is 0 Å². The highest BCUT2D eigenvalue weighted by Gasteiger charge is 2.43. The molecule has 1 aliphatic heterocycles. The molecule has 2 aromatic rings. The number of rotatable bonds is 5. The van der Waals surface area contributed by atoms with Crippen molar-refractivity contribution >= 4 is 23.3 Å². The fraction of sp³-hybridized carbons (Fsp3) is 0.333. The first-order valence-corrected chi connectivity index (χ1v) is 10.0. The van der Waals surface area contributed by atoms with Gasteiger partial charge in [-0.15, -0.1) is 0 Å². The summed E-state index contributed by atoms with van der Waals surface area (Å²) in [7, 11) is 1.57. The van der Waals surface area contributed by atoms with Crippen molar-refractivity contribution in [2.24, 2.45) is 21.5 Å². The Hall–Kier alpha value is -3.82. The number of nitrogens with two attached hydrogens (primary N) is 2. The molecular formula is C21H24N6O4. The summed E-state index contributed by atoms with van der Waals surface area (Å²) in [5.41, 5.74) is 11.8. The van der Waals surface area contributed by atoms with Crippen LogP contribution in [0.3, 0.4) is 0 Å². The van der Waals surface area contributed by atoms with Gasteiger partial charge in [-0.05, 0) is 49.9 Å². The number of guanidine groups is 2. The number of ether oxygens (including phenoxy) is 2. The number of nitrogens with zero attached hydrogens (tertiary/aromatic N) is 4. The van der Waals surface area contributed by atoms with Gasteiger partial charge in [0.15, 0.2) is 0 Å². The van der Waals surface area contributed by atoms with Crippen LogP contribution in [0.5, 0.6) is 17.2 Å². The molecule has 1 fully saturated rings. The number of anilines is 1. The maximum atomic E-state index is 11.6. The number of nitro benzene ring substituents is 1. The first kappa shape index (κ1) is 20.5. The average molecular weight is 424 g/mol. The maximum Gasteiger partial charge on any atom is 0.275 e. The number of nitro groups is 1. The van der Waals surface area contributed by atoms with Gasteiger partial charge in [0.25, 0.3) is 5.69 Å². The van der Waals surface area contributed by atoms with E-state index < -0.39 is 10.6 Å². The Morgan fingerprint density at radius 2 is 1.71 bits per heavy atom. The van der Waals surface area contributed by atoms with Crippen molar-refractivity contribution < 1.29 is 14.4 Å². The summed E-state index contributed by atoms with van der Waals surface area (Å²) in [6.07, 6.45) is 4.43. The molecule has 162 valence electrons. The van der Waals surface area contributed by atoms with Crippen LogP contribution in [-0.4, -0.2) is 29.6 Å². The highest BCUT2D eigenvalue weighted by Crippen LogP contribution is 2.42. The molecule has 0 bridgehead atoms. The molecule has 4 rings (SSSR count). The minimum atomic E-state index is -0.708. The molecule has 2 aliphatic rings. The number of hydrogen-bond donors (Lipinski definition) is 2. The highest BCUT2D eigenvalue weighted by molar-refractivity contribution is 6.05. The zero-order chi connectivity index (χ0) is 22.0. The molecule has 0 atom stereocenters. The van der Waals surface area contributed by atoms with Crippen molar-refractivity contribution in [3.8, 4) is 17.2 Å². The fourth-order valence-electron chi connectivity index (χ4n) is 4.14. The Morgan fingerprint density at radius 1 is 1.03 bits per heavy atom. The van der Waals surface area contributed by atoms with E-state index in [0.717, 1.165) is 32.1 Å². The van der Waals surface area contributed by atoms with E-state index in [0.29, 0.717) is 22.9 Å². The third-order valence-electron chi connectivity index (χ3n) is 5.49. The maximum absolute atomic E-state index is 11.6. The molecular weight excluding hydrogens is 400 g/mol. The second-order valence-electron chi connectivity index (χ2n) is 7.54. The topological polar surface area (TPSA) is 142 Å². The lowest BCUT2D eigenvalue weighted by atomic mass is 9.87. The molecule has 0 amide bonds. The number of methoxy groups -OCH3 is 1. The largest absolute Gasteiger partial charge is 0.497 e. The van der Waals surface area contributed by atoms with Crippen LogP contribution in [0.1, 0.15) is 32.1 Å². The van der Waals surface area contributed by atoms with E-state index in [2.05, 4.69) is 9.98 Å². The Bertz CT molecular complexity index is 1040. The molecule has 31 heavy (non-hydrogen) atoms. The number of aliphatic imine (C=N–C) groups is 2. The van der Waals surface area contributed by atoms with Gasteiger partial charge in [0.2, 0.25) is 11.9 Å². The van der Waals surface area contributed by atoms with Crippen molar-refractivity contribution in [2.75, 3.05) is 12.0 Å². The summed E-state index contributed by atoms with van der Waals surface area (Å²) in [4.78, 5) is 21.7. The molecule has 0 saturated heterocycles. The molecule has 0 radical (unpaired) electrons. The summed E-state index contributed by atoms with van der Waals surface area (Å²) in [5, 5.41) is 11.6. The van der Waals surface area contributed by atoms with Crippen molar-refractivity contribution in [2.45, 2.75) is 37.8 Å². The van der Waals surface area contributed by atoms with E-state index in [4.69, 9.17) is 20.9 Å². The van der Waals surface area contributed by atoms with Crippen LogP contribution < -0.4 is 25.8 Å². The lowest BCUT2D eigenvalue weighted by molar-refractivity contribution is -0.384. The van der Waals surface area contributed by atoms with E-state index >= 15 is 0 Å². The number of benzene rings is 2. The smallest absolute Gasteiger partial charge is 0.275 e. The van der Waals surface area contributed by atoms with Crippen molar-refractivity contribution in [3.05, 3.63) is 52.6 Å². The van der Waals surface area contributed by atoms with Crippen molar-refractivity contribution in [3.63, 3.8) is 0 Å². The molecule has 2 aromatic carbocycles. The quantitative estimate of drug-likeness (QED) is 0.552. The summed E-state index contributed by atoms with van der Waals surface area (Å²) >= 11 is 0. The van der Waals surface area contributed by atoms with Gasteiger partial charge >= 0.3 is 0 Å². The van der Waals surface area contributed by atoms with Gasteiger partial charge in [-0.3, -0.25) is 15.0 Å². The zero-order valence-electron chi connectivity index (χ0n) is 17.2. The predicted molar refractivity (Wildman–Crippen MR) is 118 cm³/mol. The van der Waals surface area contributed by atoms with Gasteiger partial charge in [0.05, 0.1) is 23.8 Å². The lowest BCUT2D eigenvalue weighted by Crippen LogP contribution is -2.58. The molecule has 4 N–H and O–H groups in total. The number of hydrogen-bond acceptors (Lipinski definition) is 9. The summed E-state index contributed by atoms with van der Waals surface area (Å²) in [6.45, 7) is 0. The third kappa shape index (κ3) is 4.09. The molecule has 1 spiro atoms. The van der Waals surface area contributed by atoms with Crippen LogP contribution in [0.4, 0.5) is 11.4 Å². The third-order valence-corrected chi connectivity index (χ3v) is 5.49. The molecule has 10 nitrogen and oxygen atoms in total. The minimum Gasteiger partial charge on any atom is -0.497 e. The van der Waals surface area contributed by atoms with Gasteiger partial charge in [0, 0.05) is 12.1 Å². The SMILES string of the molecule is COc1ccc(Oc2cc(N3C(N)=NC(N)=NC34CCCCC4)cc([N+](=O)[O-])c2)cc1. The van der Waals surface area contributed by atoms with Gasteiger partial charge in [-0.2, -0.15) is 4.99 Å². The molecule has 0 aromatic heterocycles. The Balaban J connectivity index is 1.76. The summed E-state index contributed by atoms with van der Waals surface area (Å²) in [5.74, 6) is 1.78. The summed E-state index contributed by atoms with van der Waals surface area (Å²) < 4.78 is 11.1. The van der Waals surface area contributed by atoms with Crippen LogP contribution in [0, 0.1) is 10.1 Å². The fourth-order valence-corrected chi connectivity index (χ4v) is 4.14. The first-order valence-electron chi connectivity index (χ1n) is 10.0. The lowest BCUT2D eigenvalue weighted by Gasteiger charge is -2.45. The van der Waals surface area contributed by atoms with Gasteiger partial charge in [0.1, 0.15) is 22.9 Å². The molecule has 10 heteroatoms. The molecule has 0 unspecified atom stereocenters. The van der Waals surface area contributed by atoms with E-state index in [9.17, 15) is 10.1 Å². The second-order valence-corrected chi connectivity index (χ2v) is 7.54. The Labute approximate surface area is 179 Å². The molecule has 1 heterocycles. The second kappa shape index (κ2) is 8.13. The van der Waals surface area contributed by atoms with Crippen LogP contribution in [0.25, 0.3) is 0 Å². The first-order chi connectivity index (χ1) is 14.9. The highest BCUT2D eigenvalue weighted by atomic mass is 16.6. The summed E-state index contributed by atoms with van der Waals surface area (Å²) in [6, 6.07) is 11.5. The Kier molecular flexibility index (Phi) is 5.37. The van der Waals surface area contributed by atoms with E-state index in [-0.39, 0.29) is 17.6 Å². The van der Waals surface area contributed by atoms with Crippen LogP contribution in [-0.2, 0) is 0 Å². The van der Waals surface area contributed by atoms with Crippen LogP contribution in [0.2, 0.25) is 0 Å². The molecule has 1 aliphatic carbocycles. The Morgan fingerprint density at radius 3 is 2.35 bits per heavy atom.